The fourth-order valence-electron chi connectivity index (χ4n) is 3.67. The third-order valence-electron chi connectivity index (χ3n) is 5.52. The zero-order chi connectivity index (χ0) is 25.2. The summed E-state index contributed by atoms with van der Waals surface area (Å²) in [6.07, 6.45) is -0.598. The van der Waals surface area contributed by atoms with Crippen molar-refractivity contribution < 1.29 is 37.3 Å². The number of carboxylic acid groups (broad SMARTS) is 1. The monoisotopic (exact) mass is 509 g/mol. The van der Waals surface area contributed by atoms with Crippen molar-refractivity contribution in [1.29, 1.82) is 0 Å². The predicted octanol–water partition coefficient (Wildman–Crippen LogP) is 1.11. The predicted molar refractivity (Wildman–Crippen MR) is 123 cm³/mol. The first-order valence-corrected chi connectivity index (χ1v) is 12.6. The quantitative estimate of drug-likeness (QED) is 0.450. The average molecular weight is 510 g/mol. The van der Waals surface area contributed by atoms with E-state index in [1.165, 1.54) is 29.1 Å². The summed E-state index contributed by atoms with van der Waals surface area (Å²) in [5.41, 5.74) is 0.323. The number of benzene rings is 1. The molecule has 3 heterocycles. The van der Waals surface area contributed by atoms with Gasteiger partial charge < -0.3 is 24.6 Å². The zero-order valence-electron chi connectivity index (χ0n) is 19.3. The highest BCUT2D eigenvalue weighted by Crippen LogP contribution is 2.40. The number of amides is 2. The number of sulfonamides is 1. The van der Waals surface area contributed by atoms with Crippen LogP contribution in [0, 0.1) is 5.92 Å². The van der Waals surface area contributed by atoms with E-state index in [1.807, 2.05) is 6.92 Å². The first-order valence-electron chi connectivity index (χ1n) is 11.1. The van der Waals surface area contributed by atoms with E-state index < -0.39 is 22.2 Å². The molecule has 0 spiro atoms. The van der Waals surface area contributed by atoms with Crippen molar-refractivity contribution in [3.8, 4) is 11.6 Å². The van der Waals surface area contributed by atoms with Gasteiger partial charge in [0.2, 0.25) is 5.91 Å². The van der Waals surface area contributed by atoms with Crippen molar-refractivity contribution >= 4 is 33.4 Å². The number of carbonyl (C=O) groups excluding carboxylic acids is 1. The van der Waals surface area contributed by atoms with Gasteiger partial charge in [-0.1, -0.05) is 0 Å². The first kappa shape index (κ1) is 24.6. The number of anilines is 2. The molecule has 1 aromatic carbocycles. The first-order chi connectivity index (χ1) is 16.7. The van der Waals surface area contributed by atoms with E-state index in [2.05, 4.69) is 15.7 Å². The van der Waals surface area contributed by atoms with Crippen LogP contribution < -0.4 is 24.4 Å². The molecule has 0 radical (unpaired) electrons. The Balaban J connectivity index is 1.69. The summed E-state index contributed by atoms with van der Waals surface area (Å²) in [5, 5.41) is 18.3. The van der Waals surface area contributed by atoms with E-state index in [0.29, 0.717) is 19.8 Å². The van der Waals surface area contributed by atoms with Gasteiger partial charge in [-0.05, 0) is 32.0 Å². The molecule has 14 heteroatoms. The second kappa shape index (κ2) is 10.00. The molecule has 0 aliphatic carbocycles. The van der Waals surface area contributed by atoms with Crippen molar-refractivity contribution in [1.82, 2.24) is 15.1 Å². The molecule has 1 atom stereocenters. The number of nitrogens with zero attached hydrogens (tertiary/aromatic N) is 3. The molecule has 2 aliphatic heterocycles. The van der Waals surface area contributed by atoms with E-state index in [9.17, 15) is 18.0 Å². The number of aryl methyl sites for hydroxylation is 1. The van der Waals surface area contributed by atoms with E-state index >= 15 is 0 Å². The molecule has 0 bridgehead atoms. The SMILES string of the molecule is CCOc1nn(CC)cc1S(=O)(=O)N1CC(CNC(=O)C2COC2)Oc2ccc(NC(=O)O)cc21. The van der Waals surface area contributed by atoms with Gasteiger partial charge in [0, 0.05) is 18.4 Å². The van der Waals surface area contributed by atoms with E-state index in [-0.39, 0.29) is 59.4 Å². The Morgan fingerprint density at radius 1 is 1.29 bits per heavy atom. The van der Waals surface area contributed by atoms with Crippen LogP contribution in [-0.2, 0) is 26.1 Å². The number of nitrogens with one attached hydrogen (secondary N) is 2. The maximum atomic E-state index is 13.9. The summed E-state index contributed by atoms with van der Waals surface area (Å²) in [6.45, 7) is 4.83. The topological polar surface area (TPSA) is 161 Å². The van der Waals surface area contributed by atoms with Crippen molar-refractivity contribution in [3.63, 3.8) is 0 Å². The highest BCUT2D eigenvalue weighted by Gasteiger charge is 2.38. The van der Waals surface area contributed by atoms with Crippen LogP contribution in [0.2, 0.25) is 0 Å². The summed E-state index contributed by atoms with van der Waals surface area (Å²) in [5.74, 6) is -0.229. The molecule has 0 saturated carbocycles. The standard InChI is InChI=1S/C21H27N5O8S/c1-3-25-10-18(20(24-25)33-4-2)35(30,31)26-9-15(8-22-19(27)13-11-32-12-13)34-17-6-5-14(7-16(17)26)23-21(28)29/h5-7,10,13,15,23H,3-4,8-9,11-12H2,1-2H3,(H,22,27)(H,28,29). The Morgan fingerprint density at radius 2 is 2.06 bits per heavy atom. The molecular weight excluding hydrogens is 482 g/mol. The molecule has 190 valence electrons. The second-order valence-electron chi connectivity index (χ2n) is 7.96. The van der Waals surface area contributed by atoms with Crippen molar-refractivity contribution in [2.75, 3.05) is 42.5 Å². The lowest BCUT2D eigenvalue weighted by Crippen LogP contribution is -2.50. The normalized spacial score (nSPS) is 17.7. The summed E-state index contributed by atoms with van der Waals surface area (Å²) in [4.78, 5) is 23.2. The number of hydrogen-bond donors (Lipinski definition) is 3. The molecule has 1 fully saturated rings. The molecular formula is C21H27N5O8S. The van der Waals surface area contributed by atoms with Crippen LogP contribution in [0.25, 0.3) is 0 Å². The number of hydrogen-bond acceptors (Lipinski definition) is 8. The minimum Gasteiger partial charge on any atom is -0.484 e. The van der Waals surface area contributed by atoms with Gasteiger partial charge >= 0.3 is 6.09 Å². The van der Waals surface area contributed by atoms with E-state index in [0.717, 1.165) is 4.31 Å². The Bertz CT molecular complexity index is 1210. The summed E-state index contributed by atoms with van der Waals surface area (Å²) < 4.78 is 46.8. The minimum absolute atomic E-state index is 0.0305. The highest BCUT2D eigenvalue weighted by molar-refractivity contribution is 7.93. The average Bonchev–Trinajstić information content (AvgIpc) is 3.20. The molecule has 1 saturated heterocycles. The summed E-state index contributed by atoms with van der Waals surface area (Å²) in [7, 11) is -4.21. The van der Waals surface area contributed by atoms with E-state index in [4.69, 9.17) is 19.3 Å². The van der Waals surface area contributed by atoms with Crippen LogP contribution in [0.4, 0.5) is 16.2 Å². The van der Waals surface area contributed by atoms with Gasteiger partial charge in [0.25, 0.3) is 15.9 Å². The lowest BCUT2D eigenvalue weighted by atomic mass is 10.1. The lowest BCUT2D eigenvalue weighted by molar-refractivity contribution is -0.139. The minimum atomic E-state index is -4.21. The highest BCUT2D eigenvalue weighted by atomic mass is 32.2. The summed E-state index contributed by atoms with van der Waals surface area (Å²) in [6, 6.07) is 4.33. The Hall–Kier alpha value is -3.52. The maximum absolute atomic E-state index is 13.9. The van der Waals surface area contributed by atoms with Crippen molar-refractivity contribution in [3.05, 3.63) is 24.4 Å². The third-order valence-corrected chi connectivity index (χ3v) is 7.29. The Labute approximate surface area is 202 Å². The Kier molecular flexibility index (Phi) is 7.03. The largest absolute Gasteiger partial charge is 0.484 e. The number of ether oxygens (including phenoxy) is 3. The fraction of sp³-hybridized carbons (Fsp3) is 0.476. The van der Waals surface area contributed by atoms with Crippen LogP contribution >= 0.6 is 0 Å². The number of rotatable bonds is 9. The van der Waals surface area contributed by atoms with Gasteiger partial charge in [-0.2, -0.15) is 0 Å². The molecule has 1 aromatic heterocycles. The second-order valence-corrected chi connectivity index (χ2v) is 9.79. The fourth-order valence-corrected chi connectivity index (χ4v) is 5.25. The van der Waals surface area contributed by atoms with Crippen LogP contribution in [0.3, 0.4) is 0 Å². The van der Waals surface area contributed by atoms with E-state index in [1.54, 1.807) is 6.92 Å². The maximum Gasteiger partial charge on any atom is 0.409 e. The number of carbonyl (C=O) groups is 2. The van der Waals surface area contributed by atoms with Crippen LogP contribution in [-0.4, -0.2) is 74.3 Å². The smallest absolute Gasteiger partial charge is 0.409 e. The molecule has 1 unspecified atom stereocenters. The van der Waals surface area contributed by atoms with Gasteiger partial charge in [-0.3, -0.25) is 19.1 Å². The molecule has 2 aromatic rings. The molecule has 35 heavy (non-hydrogen) atoms. The van der Waals surface area contributed by atoms with Crippen LogP contribution in [0.15, 0.2) is 29.3 Å². The number of fused-ring (bicyclic) bond motifs is 1. The molecule has 2 aliphatic rings. The van der Waals surface area contributed by atoms with Gasteiger partial charge in [-0.25, -0.2) is 13.2 Å². The lowest BCUT2D eigenvalue weighted by Gasteiger charge is -2.36. The molecule has 2 amide bonds. The molecule has 4 rings (SSSR count). The van der Waals surface area contributed by atoms with Gasteiger partial charge in [0.1, 0.15) is 11.9 Å². The van der Waals surface area contributed by atoms with Crippen LogP contribution in [0.5, 0.6) is 11.6 Å². The van der Waals surface area contributed by atoms with Crippen molar-refractivity contribution in [2.45, 2.75) is 31.4 Å². The molecule has 13 nitrogen and oxygen atoms in total. The summed E-state index contributed by atoms with van der Waals surface area (Å²) >= 11 is 0. The molecule has 3 N–H and O–H groups in total. The van der Waals surface area contributed by atoms with Crippen molar-refractivity contribution in [2.24, 2.45) is 5.92 Å². The Morgan fingerprint density at radius 3 is 2.69 bits per heavy atom. The van der Waals surface area contributed by atoms with Gasteiger partial charge in [0.05, 0.1) is 44.5 Å². The van der Waals surface area contributed by atoms with Crippen LogP contribution in [0.1, 0.15) is 13.8 Å². The van der Waals surface area contributed by atoms with Gasteiger partial charge in [0.15, 0.2) is 4.90 Å². The third kappa shape index (κ3) is 5.12. The number of aromatic nitrogens is 2. The van der Waals surface area contributed by atoms with Gasteiger partial charge in [-0.15, -0.1) is 5.10 Å². The zero-order valence-corrected chi connectivity index (χ0v) is 20.1.